The number of fused-ring (bicyclic) bond motifs is 2. The van der Waals surface area contributed by atoms with Gasteiger partial charge in [-0.15, -0.1) is 0 Å². The summed E-state index contributed by atoms with van der Waals surface area (Å²) in [6.45, 7) is 12.0. The Morgan fingerprint density at radius 1 is 1.00 bits per heavy atom. The van der Waals surface area contributed by atoms with Crippen LogP contribution in [-0.2, 0) is 14.3 Å². The van der Waals surface area contributed by atoms with Crippen molar-refractivity contribution in [2.75, 3.05) is 0 Å². The second-order valence-corrected chi connectivity index (χ2v) is 14.5. The van der Waals surface area contributed by atoms with Gasteiger partial charge >= 0.3 is 5.97 Å². The van der Waals surface area contributed by atoms with Crippen LogP contribution in [-0.4, -0.2) is 23.2 Å². The van der Waals surface area contributed by atoms with E-state index in [0.717, 1.165) is 18.3 Å². The maximum Gasteiger partial charge on any atom is 0.336 e. The highest BCUT2D eigenvalue weighted by Gasteiger charge is 2.81. The van der Waals surface area contributed by atoms with Crippen LogP contribution in [0.5, 0.6) is 0 Å². The monoisotopic (exact) mass is 466 g/mol. The first kappa shape index (κ1) is 22.1. The Bertz CT molecular complexity index is 1030. The molecule has 1 N–H and O–H groups in total. The Morgan fingerprint density at radius 2 is 1.76 bits per heavy atom. The quantitative estimate of drug-likeness (QED) is 0.372. The predicted molar refractivity (Wildman–Crippen MR) is 129 cm³/mol. The highest BCUT2D eigenvalue weighted by Crippen LogP contribution is 2.88. The second kappa shape index (κ2) is 6.22. The van der Waals surface area contributed by atoms with Gasteiger partial charge in [-0.3, -0.25) is 0 Å². The number of aliphatic hydroxyl groups excluding tert-OH is 1. The van der Waals surface area contributed by atoms with Gasteiger partial charge in [-0.2, -0.15) is 0 Å². The Balaban J connectivity index is 1.21. The summed E-state index contributed by atoms with van der Waals surface area (Å²) in [5.74, 6) is 0.681. The number of aliphatic hydroxyl groups is 1. The maximum absolute atomic E-state index is 12.1. The molecular weight excluding hydrogens is 424 g/mol. The standard InChI is InChI=1S/C30H42O4/c1-18-15-30(33-23(18)31)16-19(24(32)34-30)20-9-12-27(5)22-8-7-21-25(2,3)10-6-11-28(21)17-29(22,28)14-13-26(20,27)4/h6,11,15,19-22,24,32H,7-10,12-14,16-17H2,1-5H3/t19-,20-,21+,22+,24+,26-,27+,28-,29+,30-/m1/s1. The molecule has 0 aromatic rings. The minimum atomic E-state index is -1.05. The molecule has 5 fully saturated rings. The summed E-state index contributed by atoms with van der Waals surface area (Å²) in [5.41, 5.74) is 2.45. The van der Waals surface area contributed by atoms with Crippen LogP contribution in [0.1, 0.15) is 92.4 Å². The molecule has 10 atom stereocenters. The van der Waals surface area contributed by atoms with Gasteiger partial charge in [-0.1, -0.05) is 39.8 Å². The van der Waals surface area contributed by atoms with Crippen LogP contribution in [0.2, 0.25) is 0 Å². The normalized spacial score (nSPS) is 58.6. The van der Waals surface area contributed by atoms with Crippen LogP contribution < -0.4 is 0 Å². The van der Waals surface area contributed by atoms with Gasteiger partial charge in [-0.25, -0.2) is 4.79 Å². The summed E-state index contributed by atoms with van der Waals surface area (Å²) in [6, 6.07) is 0. The van der Waals surface area contributed by atoms with Gasteiger partial charge in [0.2, 0.25) is 5.79 Å². The van der Waals surface area contributed by atoms with E-state index in [1.165, 1.54) is 44.9 Å². The molecule has 0 amide bonds. The number of rotatable bonds is 1. The van der Waals surface area contributed by atoms with Gasteiger partial charge in [-0.05, 0) is 109 Å². The lowest BCUT2D eigenvalue weighted by Crippen LogP contribution is -2.55. The first-order valence-electron chi connectivity index (χ1n) is 13.9. The summed E-state index contributed by atoms with van der Waals surface area (Å²) in [7, 11) is 0. The van der Waals surface area contributed by atoms with E-state index in [9.17, 15) is 9.90 Å². The van der Waals surface area contributed by atoms with Crippen LogP contribution in [0.25, 0.3) is 0 Å². The van der Waals surface area contributed by atoms with Gasteiger partial charge < -0.3 is 14.6 Å². The lowest BCUT2D eigenvalue weighted by molar-refractivity contribution is -0.226. The maximum atomic E-state index is 12.1. The van der Waals surface area contributed by atoms with Crippen LogP contribution in [0.4, 0.5) is 0 Å². The molecule has 3 spiro atoms. The molecule has 7 aliphatic rings. The smallest absolute Gasteiger partial charge is 0.336 e. The van der Waals surface area contributed by atoms with Crippen LogP contribution in [0.3, 0.4) is 0 Å². The minimum Gasteiger partial charge on any atom is -0.426 e. The molecule has 186 valence electrons. The molecule has 4 heteroatoms. The zero-order valence-corrected chi connectivity index (χ0v) is 21.7. The predicted octanol–water partition coefficient (Wildman–Crippen LogP) is 6.15. The van der Waals surface area contributed by atoms with Crippen molar-refractivity contribution in [1.82, 2.24) is 0 Å². The third-order valence-corrected chi connectivity index (χ3v) is 13.2. The molecule has 0 aromatic heterocycles. The van der Waals surface area contributed by atoms with Gasteiger partial charge in [0.1, 0.15) is 0 Å². The van der Waals surface area contributed by atoms with E-state index in [1.807, 2.05) is 0 Å². The molecule has 7 rings (SSSR count). The Labute approximate surface area is 204 Å². The molecule has 0 aromatic carbocycles. The van der Waals surface area contributed by atoms with Crippen molar-refractivity contribution in [2.45, 2.75) is 104 Å². The third kappa shape index (κ3) is 2.32. The lowest BCUT2D eigenvalue weighted by Gasteiger charge is -2.62. The summed E-state index contributed by atoms with van der Waals surface area (Å²) >= 11 is 0. The molecule has 1 saturated heterocycles. The summed E-state index contributed by atoms with van der Waals surface area (Å²) in [6.07, 6.45) is 17.1. The highest BCUT2D eigenvalue weighted by atomic mass is 16.8. The van der Waals surface area contributed by atoms with Gasteiger partial charge in [0.05, 0.1) is 0 Å². The van der Waals surface area contributed by atoms with E-state index in [0.29, 0.717) is 39.6 Å². The lowest BCUT2D eigenvalue weighted by atomic mass is 9.42. The van der Waals surface area contributed by atoms with Crippen LogP contribution >= 0.6 is 0 Å². The molecule has 0 unspecified atom stereocenters. The van der Waals surface area contributed by atoms with Gasteiger partial charge in [0, 0.05) is 17.9 Å². The number of hydrogen-bond donors (Lipinski definition) is 1. The van der Waals surface area contributed by atoms with E-state index in [2.05, 4.69) is 39.8 Å². The molecular formula is C30H42O4. The summed E-state index contributed by atoms with van der Waals surface area (Å²) in [5, 5.41) is 11.1. The fourth-order valence-corrected chi connectivity index (χ4v) is 11.5. The molecule has 5 aliphatic carbocycles. The SMILES string of the molecule is CC1=C[C@@]2(C[C@H]([C@H]3CC[C@@]4(C)[C@@H]5CC[C@H]6C(C)(C)CC=C[C@@]67C[C@@]57CC[C@]34C)[C@@H](O)O2)OC1=O. The van der Waals surface area contributed by atoms with Crippen molar-refractivity contribution in [3.63, 3.8) is 0 Å². The van der Waals surface area contributed by atoms with E-state index in [-0.39, 0.29) is 17.3 Å². The van der Waals surface area contributed by atoms with Crippen LogP contribution in [0, 0.1) is 50.7 Å². The minimum absolute atomic E-state index is 0.0221. The van der Waals surface area contributed by atoms with Crippen molar-refractivity contribution < 1.29 is 19.4 Å². The molecule has 4 nitrogen and oxygen atoms in total. The largest absolute Gasteiger partial charge is 0.426 e. The topological polar surface area (TPSA) is 55.8 Å². The van der Waals surface area contributed by atoms with E-state index < -0.39 is 12.1 Å². The Hall–Kier alpha value is -1.13. The molecule has 0 bridgehead atoms. The van der Waals surface area contributed by atoms with Crippen LogP contribution in [0.15, 0.2) is 23.8 Å². The molecule has 0 radical (unpaired) electrons. The molecule has 2 aliphatic heterocycles. The van der Waals surface area contributed by atoms with Crippen molar-refractivity contribution in [3.05, 3.63) is 23.8 Å². The molecule has 4 saturated carbocycles. The average Bonchev–Trinajstić information content (AvgIpc) is 3.02. The molecule has 2 heterocycles. The summed E-state index contributed by atoms with van der Waals surface area (Å²) in [4.78, 5) is 12.1. The molecule has 34 heavy (non-hydrogen) atoms. The van der Waals surface area contributed by atoms with Crippen molar-refractivity contribution in [3.8, 4) is 0 Å². The van der Waals surface area contributed by atoms with E-state index in [4.69, 9.17) is 9.47 Å². The first-order valence-corrected chi connectivity index (χ1v) is 13.9. The second-order valence-electron chi connectivity index (χ2n) is 14.5. The summed E-state index contributed by atoms with van der Waals surface area (Å²) < 4.78 is 11.6. The fraction of sp³-hybridized carbons (Fsp3) is 0.833. The van der Waals surface area contributed by atoms with Gasteiger partial charge in [0.25, 0.3) is 0 Å². The van der Waals surface area contributed by atoms with Crippen molar-refractivity contribution >= 4 is 5.97 Å². The average molecular weight is 467 g/mol. The van der Waals surface area contributed by atoms with E-state index in [1.54, 1.807) is 13.0 Å². The number of carbonyl (C=O) groups is 1. The number of allylic oxidation sites excluding steroid dienone is 2. The zero-order valence-electron chi connectivity index (χ0n) is 21.7. The number of hydrogen-bond acceptors (Lipinski definition) is 4. The zero-order chi connectivity index (χ0) is 23.9. The first-order chi connectivity index (χ1) is 15.9. The Morgan fingerprint density at radius 3 is 2.50 bits per heavy atom. The van der Waals surface area contributed by atoms with Crippen molar-refractivity contribution in [2.24, 2.45) is 50.7 Å². The van der Waals surface area contributed by atoms with E-state index >= 15 is 0 Å². The van der Waals surface area contributed by atoms with Gasteiger partial charge in [0.15, 0.2) is 6.29 Å². The number of esters is 1. The Kier molecular flexibility index (Phi) is 4.04. The number of carbonyl (C=O) groups excluding carboxylic acids is 1. The highest BCUT2D eigenvalue weighted by molar-refractivity contribution is 5.90. The number of ether oxygens (including phenoxy) is 2. The fourth-order valence-electron chi connectivity index (χ4n) is 11.5. The third-order valence-electron chi connectivity index (χ3n) is 13.2. The van der Waals surface area contributed by atoms with Crippen molar-refractivity contribution in [1.29, 1.82) is 0 Å².